The lowest BCUT2D eigenvalue weighted by atomic mass is 10.1. The Morgan fingerprint density at radius 2 is 2.09 bits per heavy atom. The summed E-state index contributed by atoms with van der Waals surface area (Å²) in [7, 11) is 0. The molecule has 0 aliphatic heterocycles. The predicted octanol–water partition coefficient (Wildman–Crippen LogP) is 3.22. The smallest absolute Gasteiger partial charge is 0.359 e. The molecule has 0 radical (unpaired) electrons. The van der Waals surface area contributed by atoms with Crippen LogP contribution in [0.5, 0.6) is 0 Å². The second kappa shape index (κ2) is 6.80. The van der Waals surface area contributed by atoms with Gasteiger partial charge in [-0.2, -0.15) is 13.2 Å². The first-order valence-corrected chi connectivity index (χ1v) is 7.01. The zero-order valence-electron chi connectivity index (χ0n) is 12.6. The zero-order chi connectivity index (χ0) is 17.0. The lowest BCUT2D eigenvalue weighted by Gasteiger charge is -2.06. The van der Waals surface area contributed by atoms with Crippen molar-refractivity contribution in [1.29, 1.82) is 0 Å². The van der Waals surface area contributed by atoms with E-state index in [4.69, 9.17) is 4.52 Å². The van der Waals surface area contributed by atoms with E-state index in [9.17, 15) is 18.0 Å². The summed E-state index contributed by atoms with van der Waals surface area (Å²) in [5, 5.41) is 6.43. The molecule has 0 aliphatic rings. The summed E-state index contributed by atoms with van der Waals surface area (Å²) >= 11 is 0. The topological polar surface area (TPSA) is 68.0 Å². The highest BCUT2D eigenvalue weighted by Gasteiger charge is 2.32. The molecule has 124 valence electrons. The fourth-order valence-electron chi connectivity index (χ4n) is 1.92. The van der Waals surface area contributed by atoms with Crippen LogP contribution in [0.2, 0.25) is 0 Å². The highest BCUT2D eigenvalue weighted by atomic mass is 19.4. The van der Waals surface area contributed by atoms with Gasteiger partial charge in [-0.05, 0) is 24.5 Å². The Hall–Kier alpha value is -2.38. The molecule has 0 aliphatic carbocycles. The molecule has 1 N–H and O–H groups in total. The molecular weight excluding hydrogens is 311 g/mol. The van der Waals surface area contributed by atoms with Crippen LogP contribution >= 0.6 is 0 Å². The van der Waals surface area contributed by atoms with Crippen LogP contribution in [0.25, 0.3) is 0 Å². The van der Waals surface area contributed by atoms with Gasteiger partial charge >= 0.3 is 6.18 Å². The Kier molecular flexibility index (Phi) is 5.02. The molecule has 8 heteroatoms. The van der Waals surface area contributed by atoms with Crippen molar-refractivity contribution in [2.24, 2.45) is 5.92 Å². The molecule has 2 rings (SSSR count). The first kappa shape index (κ1) is 17.0. The van der Waals surface area contributed by atoms with Gasteiger partial charge in [-0.3, -0.25) is 9.78 Å². The van der Waals surface area contributed by atoms with Crippen molar-refractivity contribution in [3.63, 3.8) is 0 Å². The number of pyridine rings is 1. The van der Waals surface area contributed by atoms with Gasteiger partial charge in [0.05, 0.1) is 17.8 Å². The van der Waals surface area contributed by atoms with Gasteiger partial charge in [0.25, 0.3) is 5.91 Å². The van der Waals surface area contributed by atoms with Gasteiger partial charge in [-0.1, -0.05) is 19.0 Å². The Bertz CT molecular complexity index is 663. The lowest BCUT2D eigenvalue weighted by molar-refractivity contribution is -0.141. The number of hydrogen-bond donors (Lipinski definition) is 1. The van der Waals surface area contributed by atoms with Crippen LogP contribution in [0, 0.1) is 5.92 Å². The van der Waals surface area contributed by atoms with Crippen LogP contribution < -0.4 is 5.32 Å². The van der Waals surface area contributed by atoms with E-state index in [1.165, 1.54) is 0 Å². The van der Waals surface area contributed by atoms with Gasteiger partial charge in [0.1, 0.15) is 5.69 Å². The third kappa shape index (κ3) is 4.80. The van der Waals surface area contributed by atoms with Crippen molar-refractivity contribution in [3.8, 4) is 0 Å². The van der Waals surface area contributed by atoms with Crippen molar-refractivity contribution in [2.45, 2.75) is 33.0 Å². The molecule has 0 saturated heterocycles. The number of aromatic nitrogens is 2. The number of nitrogens with zero attached hydrogens (tertiary/aromatic N) is 2. The molecule has 0 bridgehead atoms. The number of hydrogen-bond acceptors (Lipinski definition) is 4. The second-order valence-corrected chi connectivity index (χ2v) is 5.50. The largest absolute Gasteiger partial charge is 0.433 e. The average molecular weight is 327 g/mol. The van der Waals surface area contributed by atoms with Crippen LogP contribution in [0.4, 0.5) is 13.2 Å². The highest BCUT2D eigenvalue weighted by Crippen LogP contribution is 2.27. The van der Waals surface area contributed by atoms with Crippen molar-refractivity contribution in [3.05, 3.63) is 47.1 Å². The minimum atomic E-state index is -4.53. The molecule has 1 amide bonds. The van der Waals surface area contributed by atoms with E-state index in [1.54, 1.807) is 6.07 Å². The Labute approximate surface area is 130 Å². The van der Waals surface area contributed by atoms with Crippen LogP contribution in [0.1, 0.15) is 41.4 Å². The fourth-order valence-corrected chi connectivity index (χ4v) is 1.92. The van der Waals surface area contributed by atoms with Gasteiger partial charge in [-0.25, -0.2) is 0 Å². The molecule has 2 heterocycles. The van der Waals surface area contributed by atoms with E-state index in [-0.39, 0.29) is 12.1 Å². The molecular formula is C15H16F3N3O2. The maximum Gasteiger partial charge on any atom is 0.433 e. The van der Waals surface area contributed by atoms with E-state index in [1.807, 2.05) is 13.8 Å². The summed E-state index contributed by atoms with van der Waals surface area (Å²) in [5.74, 6) is 0.377. The van der Waals surface area contributed by atoms with Crippen LogP contribution in [0.15, 0.2) is 28.9 Å². The maximum absolute atomic E-state index is 12.4. The Morgan fingerprint density at radius 1 is 1.35 bits per heavy atom. The number of carbonyl (C=O) groups excluding carboxylic acids is 1. The quantitative estimate of drug-likeness (QED) is 0.915. The number of amides is 1. The summed E-state index contributed by atoms with van der Waals surface area (Å²) in [5.41, 5.74) is -0.206. The van der Waals surface area contributed by atoms with Crippen LogP contribution in [-0.4, -0.2) is 16.0 Å². The number of nitrogens with one attached hydrogen (secondary N) is 1. The van der Waals surface area contributed by atoms with E-state index >= 15 is 0 Å². The predicted molar refractivity (Wildman–Crippen MR) is 75.5 cm³/mol. The van der Waals surface area contributed by atoms with Gasteiger partial charge in [0.2, 0.25) is 0 Å². The summed E-state index contributed by atoms with van der Waals surface area (Å²) in [6, 6.07) is 3.59. The lowest BCUT2D eigenvalue weighted by Crippen LogP contribution is -2.23. The average Bonchev–Trinajstić information content (AvgIpc) is 2.90. The monoisotopic (exact) mass is 327 g/mol. The van der Waals surface area contributed by atoms with E-state index in [0.717, 1.165) is 30.4 Å². The molecule has 5 nitrogen and oxygen atoms in total. The SMILES string of the molecule is CC(C)Cc1cc(CNC(=O)c2ccc(C(F)(F)F)nc2)on1. The van der Waals surface area contributed by atoms with E-state index < -0.39 is 17.8 Å². The van der Waals surface area contributed by atoms with Gasteiger partial charge in [-0.15, -0.1) is 0 Å². The fraction of sp³-hybridized carbons (Fsp3) is 0.400. The van der Waals surface area contributed by atoms with Crippen LogP contribution in [-0.2, 0) is 19.1 Å². The second-order valence-electron chi connectivity index (χ2n) is 5.50. The first-order valence-electron chi connectivity index (χ1n) is 7.01. The zero-order valence-corrected chi connectivity index (χ0v) is 12.6. The molecule has 0 fully saturated rings. The summed E-state index contributed by atoms with van der Waals surface area (Å²) in [6.45, 7) is 4.20. The number of alkyl halides is 3. The van der Waals surface area contributed by atoms with Crippen molar-refractivity contribution >= 4 is 5.91 Å². The molecule has 0 aromatic carbocycles. The molecule has 0 atom stereocenters. The number of carbonyl (C=O) groups is 1. The van der Waals surface area contributed by atoms with Gasteiger partial charge in [0.15, 0.2) is 5.76 Å². The number of halogens is 3. The number of rotatable bonds is 5. The maximum atomic E-state index is 12.4. The molecule has 0 spiro atoms. The molecule has 0 saturated carbocycles. The minimum absolute atomic E-state index is 0.0416. The van der Waals surface area contributed by atoms with Crippen LogP contribution in [0.3, 0.4) is 0 Å². The Balaban J connectivity index is 1.93. The highest BCUT2D eigenvalue weighted by molar-refractivity contribution is 5.93. The standard InChI is InChI=1S/C15H16F3N3O2/c1-9(2)5-11-6-12(23-21-11)8-20-14(22)10-3-4-13(19-7-10)15(16,17)18/h3-4,6-7,9H,5,8H2,1-2H3,(H,20,22). The first-order chi connectivity index (χ1) is 10.8. The van der Waals surface area contributed by atoms with E-state index in [0.29, 0.717) is 11.7 Å². The van der Waals surface area contributed by atoms with Crippen molar-refractivity contribution < 1.29 is 22.5 Å². The normalized spacial score (nSPS) is 11.7. The molecule has 2 aromatic heterocycles. The van der Waals surface area contributed by atoms with E-state index in [2.05, 4.69) is 15.5 Å². The summed E-state index contributed by atoms with van der Waals surface area (Å²) in [4.78, 5) is 15.1. The van der Waals surface area contributed by atoms with Gasteiger partial charge in [0, 0.05) is 12.3 Å². The summed E-state index contributed by atoms with van der Waals surface area (Å²) in [6.07, 6.45) is -2.87. The van der Waals surface area contributed by atoms with Crippen molar-refractivity contribution in [2.75, 3.05) is 0 Å². The van der Waals surface area contributed by atoms with Crippen molar-refractivity contribution in [1.82, 2.24) is 15.5 Å². The Morgan fingerprint density at radius 3 is 2.65 bits per heavy atom. The molecule has 23 heavy (non-hydrogen) atoms. The van der Waals surface area contributed by atoms with Gasteiger partial charge < -0.3 is 9.84 Å². The molecule has 2 aromatic rings. The minimum Gasteiger partial charge on any atom is -0.359 e. The third-order valence-electron chi connectivity index (χ3n) is 2.96. The molecule has 0 unspecified atom stereocenters. The summed E-state index contributed by atoms with van der Waals surface area (Å²) < 4.78 is 42.3. The third-order valence-corrected chi connectivity index (χ3v) is 2.96.